The number of halogens is 2. The lowest BCUT2D eigenvalue weighted by molar-refractivity contribution is -0.137. The zero-order valence-corrected chi connectivity index (χ0v) is 9.98. The number of amides is 1. The average molecular weight is 257 g/mol. The Morgan fingerprint density at radius 1 is 1.33 bits per heavy atom. The minimum Gasteiger partial charge on any atom is -0.481 e. The standard InChI is InChI=1S/C12H13F2NO3/c1-7(6-10(16)17)15(2)12(18)11-8(13)4-3-5-9(11)14/h3-5,7H,6H2,1-2H3,(H,16,17). The first kappa shape index (κ1) is 14.1. The molecular formula is C12H13F2NO3. The lowest BCUT2D eigenvalue weighted by Gasteiger charge is -2.24. The maximum atomic E-state index is 13.4. The average Bonchev–Trinajstić information content (AvgIpc) is 2.26. The second kappa shape index (κ2) is 5.57. The summed E-state index contributed by atoms with van der Waals surface area (Å²) < 4.78 is 26.8. The molecule has 0 fully saturated rings. The number of nitrogens with zero attached hydrogens (tertiary/aromatic N) is 1. The maximum absolute atomic E-state index is 13.4. The molecule has 1 N–H and O–H groups in total. The first-order valence-electron chi connectivity index (χ1n) is 5.27. The molecule has 1 amide bonds. The quantitative estimate of drug-likeness (QED) is 0.896. The fraction of sp³-hybridized carbons (Fsp3) is 0.333. The van der Waals surface area contributed by atoms with Crippen LogP contribution in [0.5, 0.6) is 0 Å². The van der Waals surface area contributed by atoms with Gasteiger partial charge in [0.25, 0.3) is 5.91 Å². The molecule has 0 heterocycles. The van der Waals surface area contributed by atoms with Crippen LogP contribution in [0.2, 0.25) is 0 Å². The van der Waals surface area contributed by atoms with E-state index in [4.69, 9.17) is 5.11 Å². The largest absolute Gasteiger partial charge is 0.481 e. The van der Waals surface area contributed by atoms with Gasteiger partial charge in [-0.2, -0.15) is 0 Å². The number of aliphatic carboxylic acids is 1. The smallest absolute Gasteiger partial charge is 0.305 e. The van der Waals surface area contributed by atoms with E-state index in [2.05, 4.69) is 0 Å². The molecule has 4 nitrogen and oxygen atoms in total. The minimum atomic E-state index is -1.09. The van der Waals surface area contributed by atoms with E-state index in [0.29, 0.717) is 0 Å². The van der Waals surface area contributed by atoms with Gasteiger partial charge in [0.15, 0.2) is 0 Å². The summed E-state index contributed by atoms with van der Waals surface area (Å²) >= 11 is 0. The molecule has 98 valence electrons. The van der Waals surface area contributed by atoms with Gasteiger partial charge in [0.05, 0.1) is 6.42 Å². The summed E-state index contributed by atoms with van der Waals surface area (Å²) in [6.07, 6.45) is -0.293. The van der Waals surface area contributed by atoms with Crippen LogP contribution in [0.4, 0.5) is 8.78 Å². The fourth-order valence-electron chi connectivity index (χ4n) is 1.47. The first-order chi connectivity index (χ1) is 8.34. The van der Waals surface area contributed by atoms with Gasteiger partial charge in [0, 0.05) is 13.1 Å². The Hall–Kier alpha value is -1.98. The van der Waals surface area contributed by atoms with Gasteiger partial charge >= 0.3 is 5.97 Å². The molecule has 0 radical (unpaired) electrons. The molecule has 0 spiro atoms. The van der Waals surface area contributed by atoms with Gasteiger partial charge < -0.3 is 10.0 Å². The van der Waals surface area contributed by atoms with Crippen molar-refractivity contribution < 1.29 is 23.5 Å². The lowest BCUT2D eigenvalue weighted by Crippen LogP contribution is -2.37. The molecule has 1 atom stereocenters. The summed E-state index contributed by atoms with van der Waals surface area (Å²) in [5.41, 5.74) is -0.669. The second-order valence-electron chi connectivity index (χ2n) is 3.96. The number of carbonyl (C=O) groups excluding carboxylic acids is 1. The highest BCUT2D eigenvalue weighted by molar-refractivity contribution is 5.95. The first-order valence-corrected chi connectivity index (χ1v) is 5.27. The van der Waals surface area contributed by atoms with Crippen LogP contribution in [0.25, 0.3) is 0 Å². The Morgan fingerprint density at radius 2 is 1.83 bits per heavy atom. The molecule has 1 rings (SSSR count). The highest BCUT2D eigenvalue weighted by Gasteiger charge is 2.24. The van der Waals surface area contributed by atoms with Crippen LogP contribution in [0.1, 0.15) is 23.7 Å². The Kier molecular flexibility index (Phi) is 4.36. The molecule has 1 aromatic carbocycles. The molecule has 1 unspecified atom stereocenters. The van der Waals surface area contributed by atoms with Gasteiger partial charge in [-0.05, 0) is 19.1 Å². The van der Waals surface area contributed by atoms with Crippen molar-refractivity contribution >= 4 is 11.9 Å². The van der Waals surface area contributed by atoms with E-state index in [9.17, 15) is 18.4 Å². The highest BCUT2D eigenvalue weighted by atomic mass is 19.1. The molecule has 0 aromatic heterocycles. The zero-order chi connectivity index (χ0) is 13.9. The predicted octanol–water partition coefficient (Wildman–Crippen LogP) is 1.90. The minimum absolute atomic E-state index is 0.293. The summed E-state index contributed by atoms with van der Waals surface area (Å²) in [5.74, 6) is -3.89. The van der Waals surface area contributed by atoms with Crippen molar-refractivity contribution in [1.29, 1.82) is 0 Å². The molecule has 0 aliphatic carbocycles. The monoisotopic (exact) mass is 257 g/mol. The van der Waals surface area contributed by atoms with Crippen molar-refractivity contribution in [1.82, 2.24) is 4.90 Å². The van der Waals surface area contributed by atoms with Gasteiger partial charge in [-0.3, -0.25) is 9.59 Å². The number of rotatable bonds is 4. The lowest BCUT2D eigenvalue weighted by atomic mass is 10.1. The SMILES string of the molecule is CC(CC(=O)O)N(C)C(=O)c1c(F)cccc1F. The van der Waals surface area contributed by atoms with Crippen molar-refractivity contribution in [2.75, 3.05) is 7.05 Å². The van der Waals surface area contributed by atoms with Crippen LogP contribution in [-0.2, 0) is 4.79 Å². The van der Waals surface area contributed by atoms with Crippen molar-refractivity contribution in [2.45, 2.75) is 19.4 Å². The van der Waals surface area contributed by atoms with Crippen LogP contribution in [0.3, 0.4) is 0 Å². The van der Waals surface area contributed by atoms with Crippen LogP contribution in [0, 0.1) is 11.6 Å². The van der Waals surface area contributed by atoms with Gasteiger partial charge in [-0.15, -0.1) is 0 Å². The van der Waals surface area contributed by atoms with Gasteiger partial charge in [-0.1, -0.05) is 6.07 Å². The molecule has 18 heavy (non-hydrogen) atoms. The van der Waals surface area contributed by atoms with Gasteiger partial charge in [0.2, 0.25) is 0 Å². The summed E-state index contributed by atoms with van der Waals surface area (Å²) in [6, 6.07) is 2.45. The molecule has 0 aliphatic rings. The van der Waals surface area contributed by atoms with Crippen molar-refractivity contribution in [3.63, 3.8) is 0 Å². The number of hydrogen-bond acceptors (Lipinski definition) is 2. The normalized spacial score (nSPS) is 12.0. The number of carboxylic acid groups (broad SMARTS) is 1. The predicted molar refractivity (Wildman–Crippen MR) is 60.2 cm³/mol. The zero-order valence-electron chi connectivity index (χ0n) is 9.98. The molecule has 0 aliphatic heterocycles. The van der Waals surface area contributed by atoms with Crippen molar-refractivity contribution in [2.24, 2.45) is 0 Å². The third-order valence-electron chi connectivity index (χ3n) is 2.63. The van der Waals surface area contributed by atoms with Gasteiger partial charge in [0.1, 0.15) is 17.2 Å². The van der Waals surface area contributed by atoms with E-state index in [-0.39, 0.29) is 6.42 Å². The molecular weight excluding hydrogens is 244 g/mol. The number of carboxylic acids is 1. The Balaban J connectivity index is 2.96. The van der Waals surface area contributed by atoms with E-state index in [1.807, 2.05) is 0 Å². The van der Waals surface area contributed by atoms with E-state index in [0.717, 1.165) is 23.1 Å². The van der Waals surface area contributed by atoms with Crippen LogP contribution < -0.4 is 0 Å². The van der Waals surface area contributed by atoms with E-state index in [1.165, 1.54) is 14.0 Å². The van der Waals surface area contributed by atoms with E-state index in [1.54, 1.807) is 0 Å². The number of carbonyl (C=O) groups is 2. The summed E-state index contributed by atoms with van der Waals surface area (Å²) in [5, 5.41) is 8.61. The molecule has 1 aromatic rings. The molecule has 6 heteroatoms. The van der Waals surface area contributed by atoms with Gasteiger partial charge in [-0.25, -0.2) is 8.78 Å². The summed E-state index contributed by atoms with van der Waals surface area (Å²) in [7, 11) is 1.31. The van der Waals surface area contributed by atoms with Crippen molar-refractivity contribution in [3.8, 4) is 0 Å². The van der Waals surface area contributed by atoms with E-state index < -0.39 is 35.1 Å². The molecule has 0 bridgehead atoms. The fourth-order valence-corrected chi connectivity index (χ4v) is 1.47. The topological polar surface area (TPSA) is 57.6 Å². The van der Waals surface area contributed by atoms with Crippen LogP contribution in [-0.4, -0.2) is 35.0 Å². The van der Waals surface area contributed by atoms with Crippen LogP contribution in [0.15, 0.2) is 18.2 Å². The number of hydrogen-bond donors (Lipinski definition) is 1. The number of benzene rings is 1. The Labute approximate surface area is 103 Å². The van der Waals surface area contributed by atoms with E-state index >= 15 is 0 Å². The molecule has 0 saturated carbocycles. The summed E-state index contributed by atoms with van der Waals surface area (Å²) in [4.78, 5) is 23.4. The third kappa shape index (κ3) is 3.03. The van der Waals surface area contributed by atoms with Crippen molar-refractivity contribution in [3.05, 3.63) is 35.4 Å². The molecule has 0 saturated heterocycles. The van der Waals surface area contributed by atoms with Crippen LogP contribution >= 0.6 is 0 Å². The Morgan fingerprint density at radius 3 is 2.28 bits per heavy atom. The highest BCUT2D eigenvalue weighted by Crippen LogP contribution is 2.16. The maximum Gasteiger partial charge on any atom is 0.305 e. The third-order valence-corrected chi connectivity index (χ3v) is 2.63. The summed E-state index contributed by atoms with van der Waals surface area (Å²) in [6.45, 7) is 1.49. The Bertz CT molecular complexity index is 456. The second-order valence-corrected chi connectivity index (χ2v) is 3.96.